The highest BCUT2D eigenvalue weighted by molar-refractivity contribution is 7.98. The topological polar surface area (TPSA) is 84.5 Å². The van der Waals surface area contributed by atoms with Gasteiger partial charge in [-0.05, 0) is 6.26 Å². The standard InChI is InChI=1S/C14H21N5OS2/c1-6-16-8-10(7-15)11-17-18-13(22-11)19(4)12(20)14(2,3)9-21-5/h6-8H,1,9,15H2,2-5H3/b10-7+,16-8-. The summed E-state index contributed by atoms with van der Waals surface area (Å²) in [5.74, 6) is 0.740. The predicted octanol–water partition coefficient (Wildman–Crippen LogP) is 2.40. The average molecular weight is 339 g/mol. The molecule has 0 aromatic carbocycles. The van der Waals surface area contributed by atoms with Crippen molar-refractivity contribution in [3.63, 3.8) is 0 Å². The fourth-order valence-corrected chi connectivity index (χ4v) is 3.37. The van der Waals surface area contributed by atoms with E-state index in [4.69, 9.17) is 5.73 Å². The third-order valence-electron chi connectivity index (χ3n) is 2.84. The van der Waals surface area contributed by atoms with Crippen LogP contribution >= 0.6 is 23.1 Å². The summed E-state index contributed by atoms with van der Waals surface area (Å²) < 4.78 is 0. The second kappa shape index (κ2) is 8.09. The van der Waals surface area contributed by atoms with Gasteiger partial charge in [-0.2, -0.15) is 11.8 Å². The van der Waals surface area contributed by atoms with Crippen LogP contribution < -0.4 is 10.6 Å². The third kappa shape index (κ3) is 4.41. The summed E-state index contributed by atoms with van der Waals surface area (Å²) in [6.07, 6.45) is 6.34. The molecule has 0 fully saturated rings. The van der Waals surface area contributed by atoms with Crippen LogP contribution in [0, 0.1) is 5.41 Å². The molecule has 1 heterocycles. The van der Waals surface area contributed by atoms with Gasteiger partial charge in [0.1, 0.15) is 0 Å². The Bertz CT molecular complexity index is 592. The molecule has 2 N–H and O–H groups in total. The van der Waals surface area contributed by atoms with Gasteiger partial charge in [-0.15, -0.1) is 10.2 Å². The molecule has 0 spiro atoms. The van der Waals surface area contributed by atoms with Crippen LogP contribution in [-0.4, -0.2) is 41.4 Å². The molecule has 1 aromatic heterocycles. The molecule has 0 saturated heterocycles. The van der Waals surface area contributed by atoms with E-state index in [9.17, 15) is 4.79 Å². The van der Waals surface area contributed by atoms with E-state index >= 15 is 0 Å². The number of hydrogen-bond donors (Lipinski definition) is 1. The second-order valence-electron chi connectivity index (χ2n) is 5.15. The summed E-state index contributed by atoms with van der Waals surface area (Å²) in [7, 11) is 1.71. The fourth-order valence-electron chi connectivity index (χ4n) is 1.73. The van der Waals surface area contributed by atoms with E-state index in [1.54, 1.807) is 25.0 Å². The minimum absolute atomic E-state index is 0.00240. The van der Waals surface area contributed by atoms with E-state index in [1.165, 1.54) is 28.6 Å². The number of nitrogens with two attached hydrogens (primary N) is 1. The SMILES string of the molecule is C=C/N=C\C(=C/N)c1nnc(N(C)C(=O)C(C)(C)CSC)s1. The molecule has 0 bridgehead atoms. The van der Waals surface area contributed by atoms with Crippen LogP contribution in [0.1, 0.15) is 18.9 Å². The third-order valence-corrected chi connectivity index (χ3v) is 4.89. The first-order valence-corrected chi connectivity index (χ1v) is 8.75. The minimum atomic E-state index is -0.461. The van der Waals surface area contributed by atoms with Crippen molar-refractivity contribution in [3.05, 3.63) is 24.0 Å². The maximum Gasteiger partial charge on any atom is 0.235 e. The molecule has 0 saturated carbocycles. The van der Waals surface area contributed by atoms with Crippen molar-refractivity contribution in [2.45, 2.75) is 13.8 Å². The number of carbonyl (C=O) groups is 1. The molecule has 22 heavy (non-hydrogen) atoms. The van der Waals surface area contributed by atoms with Gasteiger partial charge < -0.3 is 5.73 Å². The van der Waals surface area contributed by atoms with Gasteiger partial charge in [-0.25, -0.2) is 0 Å². The number of aliphatic imine (C=N–C) groups is 1. The highest BCUT2D eigenvalue weighted by Crippen LogP contribution is 2.29. The molecular weight excluding hydrogens is 318 g/mol. The normalized spacial score (nSPS) is 12.6. The largest absolute Gasteiger partial charge is 0.404 e. The monoisotopic (exact) mass is 339 g/mol. The highest BCUT2D eigenvalue weighted by Gasteiger charge is 2.32. The first-order chi connectivity index (χ1) is 10.4. The maximum absolute atomic E-state index is 12.5. The number of carbonyl (C=O) groups excluding carboxylic acids is 1. The number of allylic oxidation sites excluding steroid dienone is 1. The molecule has 8 heteroatoms. The van der Waals surface area contributed by atoms with Crippen LogP contribution in [0.2, 0.25) is 0 Å². The molecule has 1 aromatic rings. The molecule has 0 atom stereocenters. The number of thioether (sulfide) groups is 1. The van der Waals surface area contributed by atoms with Crippen molar-refractivity contribution in [2.75, 3.05) is 24.0 Å². The van der Waals surface area contributed by atoms with E-state index in [0.29, 0.717) is 15.7 Å². The second-order valence-corrected chi connectivity index (χ2v) is 6.98. The molecule has 1 amide bonds. The molecule has 0 aliphatic heterocycles. The zero-order chi connectivity index (χ0) is 16.8. The number of hydrogen-bond acceptors (Lipinski definition) is 7. The fraction of sp³-hybridized carbons (Fsp3) is 0.429. The summed E-state index contributed by atoms with van der Waals surface area (Å²) >= 11 is 2.93. The summed E-state index contributed by atoms with van der Waals surface area (Å²) in [6.45, 7) is 7.35. The van der Waals surface area contributed by atoms with E-state index in [0.717, 1.165) is 5.75 Å². The van der Waals surface area contributed by atoms with Crippen LogP contribution in [0.5, 0.6) is 0 Å². The number of amides is 1. The van der Waals surface area contributed by atoms with Crippen LogP contribution in [0.25, 0.3) is 5.57 Å². The smallest absolute Gasteiger partial charge is 0.235 e. The van der Waals surface area contributed by atoms with Gasteiger partial charge in [0.2, 0.25) is 11.0 Å². The average Bonchev–Trinajstić information content (AvgIpc) is 2.96. The number of anilines is 1. The van der Waals surface area contributed by atoms with Crippen LogP contribution in [0.15, 0.2) is 24.0 Å². The summed E-state index contributed by atoms with van der Waals surface area (Å²) in [5.41, 5.74) is 5.74. The zero-order valence-corrected chi connectivity index (χ0v) is 14.9. The summed E-state index contributed by atoms with van der Waals surface area (Å²) in [6, 6.07) is 0. The van der Waals surface area contributed by atoms with Crippen molar-refractivity contribution < 1.29 is 4.79 Å². The molecular formula is C14H21N5OS2. The summed E-state index contributed by atoms with van der Waals surface area (Å²) in [5, 5.41) is 9.27. The first kappa shape index (κ1) is 18.4. The molecule has 6 nitrogen and oxygen atoms in total. The number of nitrogens with zero attached hydrogens (tertiary/aromatic N) is 4. The Hall–Kier alpha value is -1.67. The zero-order valence-electron chi connectivity index (χ0n) is 13.2. The van der Waals surface area contributed by atoms with Crippen molar-refractivity contribution >= 4 is 45.9 Å². The van der Waals surface area contributed by atoms with Crippen molar-refractivity contribution in [1.29, 1.82) is 0 Å². The lowest BCUT2D eigenvalue weighted by atomic mass is 9.95. The lowest BCUT2D eigenvalue weighted by molar-refractivity contribution is -0.125. The quantitative estimate of drug-likeness (QED) is 0.771. The maximum atomic E-state index is 12.5. The molecule has 0 unspecified atom stereocenters. The van der Waals surface area contributed by atoms with Gasteiger partial charge in [-0.3, -0.25) is 14.7 Å². The highest BCUT2D eigenvalue weighted by atomic mass is 32.2. The Morgan fingerprint density at radius 2 is 2.23 bits per heavy atom. The molecule has 1 rings (SSSR count). The Balaban J connectivity index is 2.98. The van der Waals surface area contributed by atoms with Gasteiger partial charge in [0.15, 0.2) is 5.01 Å². The predicted molar refractivity (Wildman–Crippen MR) is 96.3 cm³/mol. The Morgan fingerprint density at radius 3 is 2.77 bits per heavy atom. The van der Waals surface area contributed by atoms with E-state index in [-0.39, 0.29) is 5.91 Å². The van der Waals surface area contributed by atoms with Gasteiger partial charge in [-0.1, -0.05) is 31.8 Å². The lowest BCUT2D eigenvalue weighted by Gasteiger charge is -2.26. The van der Waals surface area contributed by atoms with Crippen LogP contribution in [0.3, 0.4) is 0 Å². The van der Waals surface area contributed by atoms with Gasteiger partial charge in [0.05, 0.1) is 5.41 Å². The molecule has 120 valence electrons. The molecule has 0 aliphatic rings. The van der Waals surface area contributed by atoms with Crippen molar-refractivity contribution in [2.24, 2.45) is 16.1 Å². The Kier molecular flexibility index (Phi) is 6.76. The van der Waals surface area contributed by atoms with Crippen molar-refractivity contribution in [3.8, 4) is 0 Å². The first-order valence-electron chi connectivity index (χ1n) is 6.54. The van der Waals surface area contributed by atoms with Crippen molar-refractivity contribution in [1.82, 2.24) is 10.2 Å². The summed E-state index contributed by atoms with van der Waals surface area (Å²) in [4.78, 5) is 18.0. The van der Waals surface area contributed by atoms with E-state index < -0.39 is 5.41 Å². The minimum Gasteiger partial charge on any atom is -0.404 e. The van der Waals surface area contributed by atoms with E-state index in [2.05, 4.69) is 21.8 Å². The van der Waals surface area contributed by atoms with Gasteiger partial charge in [0.25, 0.3) is 0 Å². The molecule has 0 aliphatic carbocycles. The Labute approximate surface area is 139 Å². The number of aromatic nitrogens is 2. The van der Waals surface area contributed by atoms with Crippen LogP contribution in [0.4, 0.5) is 5.13 Å². The van der Waals surface area contributed by atoms with Crippen LogP contribution in [-0.2, 0) is 4.79 Å². The van der Waals surface area contributed by atoms with Gasteiger partial charge in [0, 0.05) is 37.0 Å². The number of rotatable bonds is 7. The molecule has 0 radical (unpaired) electrons. The Morgan fingerprint density at radius 1 is 1.55 bits per heavy atom. The van der Waals surface area contributed by atoms with Gasteiger partial charge >= 0.3 is 0 Å². The van der Waals surface area contributed by atoms with E-state index in [1.807, 2.05) is 20.1 Å². The lowest BCUT2D eigenvalue weighted by Crippen LogP contribution is -2.40.